The van der Waals surface area contributed by atoms with Crippen molar-refractivity contribution >= 4 is 11.5 Å². The van der Waals surface area contributed by atoms with Crippen LogP contribution >= 0.6 is 0 Å². The molecule has 0 spiro atoms. The van der Waals surface area contributed by atoms with Gasteiger partial charge in [0.2, 0.25) is 0 Å². The normalized spacial score (nSPS) is 16.0. The molecular formula is C23H30N2O3. The lowest BCUT2D eigenvalue weighted by atomic mass is 10.1. The smallest absolute Gasteiger partial charge is 0.162 e. The number of aliphatic hydroxyl groups excluding tert-OH is 1. The molecule has 5 heteroatoms. The number of aliphatic hydroxyl groups is 1. The number of rotatable bonds is 8. The van der Waals surface area contributed by atoms with Crippen molar-refractivity contribution in [1.29, 1.82) is 0 Å². The summed E-state index contributed by atoms with van der Waals surface area (Å²) in [5, 5.41) is 10.3. The van der Waals surface area contributed by atoms with Gasteiger partial charge >= 0.3 is 0 Å². The van der Waals surface area contributed by atoms with Gasteiger partial charge in [-0.3, -0.25) is 9.69 Å². The van der Waals surface area contributed by atoms with E-state index >= 15 is 0 Å². The zero-order chi connectivity index (χ0) is 19.9. The Bertz CT molecular complexity index is 768. The Hall–Kier alpha value is -2.37. The summed E-state index contributed by atoms with van der Waals surface area (Å²) in [6, 6.07) is 15.7. The topological polar surface area (TPSA) is 53.0 Å². The first-order valence-corrected chi connectivity index (χ1v) is 10.0. The molecule has 28 heavy (non-hydrogen) atoms. The van der Waals surface area contributed by atoms with Gasteiger partial charge in [0.25, 0.3) is 0 Å². The highest BCUT2D eigenvalue weighted by molar-refractivity contribution is 5.95. The maximum Gasteiger partial charge on any atom is 0.162 e. The number of hydrogen-bond acceptors (Lipinski definition) is 5. The van der Waals surface area contributed by atoms with Crippen LogP contribution in [-0.4, -0.2) is 61.2 Å². The second kappa shape index (κ2) is 9.71. The van der Waals surface area contributed by atoms with E-state index in [2.05, 4.69) is 41.0 Å². The van der Waals surface area contributed by atoms with E-state index in [4.69, 9.17) is 4.74 Å². The van der Waals surface area contributed by atoms with Crippen LogP contribution in [0.5, 0.6) is 5.75 Å². The largest absolute Gasteiger partial charge is 0.491 e. The Morgan fingerprint density at radius 3 is 2.46 bits per heavy atom. The molecule has 1 atom stereocenters. The van der Waals surface area contributed by atoms with E-state index in [-0.39, 0.29) is 12.4 Å². The molecule has 0 aliphatic carbocycles. The molecule has 2 aromatic carbocycles. The van der Waals surface area contributed by atoms with E-state index in [1.165, 1.54) is 11.3 Å². The number of β-amino-alcohol motifs (C(OH)–C–C–N with tert-alkyl or cyclic N) is 1. The molecule has 2 aromatic rings. The monoisotopic (exact) mass is 382 g/mol. The summed E-state index contributed by atoms with van der Waals surface area (Å²) in [6.45, 7) is 8.61. The van der Waals surface area contributed by atoms with Crippen LogP contribution in [-0.2, 0) is 0 Å². The number of ether oxygens (including phenoxy) is 1. The minimum Gasteiger partial charge on any atom is -0.491 e. The van der Waals surface area contributed by atoms with Gasteiger partial charge in [-0.25, -0.2) is 0 Å². The summed E-state index contributed by atoms with van der Waals surface area (Å²) in [7, 11) is 0. The number of Topliss-reactive ketones (excluding diaryl/α,β-unsaturated/α-hetero) is 1. The van der Waals surface area contributed by atoms with Gasteiger partial charge in [0.15, 0.2) is 5.78 Å². The summed E-state index contributed by atoms with van der Waals surface area (Å²) in [6.07, 6.45) is -0.0433. The summed E-state index contributed by atoms with van der Waals surface area (Å²) in [5.74, 6) is 0.798. The van der Waals surface area contributed by atoms with Gasteiger partial charge in [-0.2, -0.15) is 0 Å². The first-order valence-electron chi connectivity index (χ1n) is 10.0. The molecule has 1 saturated heterocycles. The quantitative estimate of drug-likeness (QED) is 0.711. The van der Waals surface area contributed by atoms with Crippen molar-refractivity contribution in [2.24, 2.45) is 0 Å². The van der Waals surface area contributed by atoms with Crippen LogP contribution in [0.3, 0.4) is 0 Å². The van der Waals surface area contributed by atoms with Gasteiger partial charge in [0.05, 0.1) is 0 Å². The maximum absolute atomic E-state index is 11.7. The lowest BCUT2D eigenvalue weighted by molar-refractivity contribution is 0.0663. The first-order chi connectivity index (χ1) is 13.5. The third-order valence-corrected chi connectivity index (χ3v) is 5.15. The number of aryl methyl sites for hydroxylation is 1. The van der Waals surface area contributed by atoms with Crippen molar-refractivity contribution in [1.82, 2.24) is 4.90 Å². The minimum absolute atomic E-state index is 0.122. The summed E-state index contributed by atoms with van der Waals surface area (Å²) < 4.78 is 5.68. The molecule has 1 N–H and O–H groups in total. The van der Waals surface area contributed by atoms with E-state index < -0.39 is 6.10 Å². The Morgan fingerprint density at radius 2 is 1.82 bits per heavy atom. The van der Waals surface area contributed by atoms with Crippen molar-refractivity contribution in [3.63, 3.8) is 0 Å². The van der Waals surface area contributed by atoms with Crippen molar-refractivity contribution in [2.45, 2.75) is 26.4 Å². The minimum atomic E-state index is -0.539. The van der Waals surface area contributed by atoms with Crippen LogP contribution in [0.2, 0.25) is 0 Å². The lowest BCUT2D eigenvalue weighted by Crippen LogP contribution is -2.49. The van der Waals surface area contributed by atoms with E-state index in [0.717, 1.165) is 26.2 Å². The molecule has 1 aliphatic rings. The van der Waals surface area contributed by atoms with Gasteiger partial charge < -0.3 is 14.7 Å². The molecule has 1 fully saturated rings. The number of piperazine rings is 1. The molecule has 0 radical (unpaired) electrons. The molecule has 0 aromatic heterocycles. The Morgan fingerprint density at radius 1 is 1.11 bits per heavy atom. The highest BCUT2D eigenvalue weighted by Gasteiger charge is 2.20. The van der Waals surface area contributed by atoms with Crippen LogP contribution in [0, 0.1) is 6.92 Å². The summed E-state index contributed by atoms with van der Waals surface area (Å²) in [5.41, 5.74) is 3.25. The molecule has 1 heterocycles. The molecule has 150 valence electrons. The highest BCUT2D eigenvalue weighted by atomic mass is 16.5. The van der Waals surface area contributed by atoms with Gasteiger partial charge in [-0.1, -0.05) is 19.1 Å². The molecular weight excluding hydrogens is 352 g/mol. The lowest BCUT2D eigenvalue weighted by Gasteiger charge is -2.37. The zero-order valence-corrected chi connectivity index (χ0v) is 16.8. The van der Waals surface area contributed by atoms with Crippen molar-refractivity contribution in [2.75, 3.05) is 44.2 Å². The first kappa shape index (κ1) is 20.4. The third-order valence-electron chi connectivity index (χ3n) is 5.15. The fraction of sp³-hybridized carbons (Fsp3) is 0.435. The molecule has 1 aliphatic heterocycles. The van der Waals surface area contributed by atoms with Crippen molar-refractivity contribution in [3.8, 4) is 5.75 Å². The molecule has 0 saturated carbocycles. The number of anilines is 1. The fourth-order valence-corrected chi connectivity index (χ4v) is 3.50. The number of ketones is 1. The van der Waals surface area contributed by atoms with Crippen LogP contribution < -0.4 is 9.64 Å². The maximum atomic E-state index is 11.7. The van der Waals surface area contributed by atoms with Crippen LogP contribution in [0.15, 0.2) is 48.5 Å². The highest BCUT2D eigenvalue weighted by Crippen LogP contribution is 2.18. The van der Waals surface area contributed by atoms with E-state index in [9.17, 15) is 9.90 Å². The van der Waals surface area contributed by atoms with E-state index in [1.807, 2.05) is 6.92 Å². The second-order valence-corrected chi connectivity index (χ2v) is 7.39. The van der Waals surface area contributed by atoms with Crippen LogP contribution in [0.25, 0.3) is 0 Å². The van der Waals surface area contributed by atoms with Gasteiger partial charge in [-0.15, -0.1) is 0 Å². The Labute approximate surface area is 167 Å². The number of hydrogen-bond donors (Lipinski definition) is 1. The summed E-state index contributed by atoms with van der Waals surface area (Å²) in [4.78, 5) is 16.3. The number of carbonyl (C=O) groups is 1. The van der Waals surface area contributed by atoms with Crippen molar-refractivity contribution in [3.05, 3.63) is 59.7 Å². The van der Waals surface area contributed by atoms with E-state index in [1.54, 1.807) is 24.3 Å². The molecule has 0 amide bonds. The van der Waals surface area contributed by atoms with Gasteiger partial charge in [0.1, 0.15) is 18.5 Å². The predicted octanol–water partition coefficient (Wildman–Crippen LogP) is 3.15. The third kappa shape index (κ3) is 5.57. The van der Waals surface area contributed by atoms with Gasteiger partial charge in [-0.05, 0) is 48.9 Å². The molecule has 3 rings (SSSR count). The Balaban J connectivity index is 1.41. The number of nitrogens with zero attached hydrogens (tertiary/aromatic N) is 2. The standard InChI is InChI=1S/C23H30N2O3/c1-3-23(27)19-7-9-22(10-8-19)28-17-21(26)16-24-11-13-25(14-12-24)20-6-4-5-18(2)15-20/h4-10,15,21,26H,3,11-14,16-17H2,1-2H3/t21-/m0/s1. The predicted molar refractivity (Wildman–Crippen MR) is 112 cm³/mol. The van der Waals surface area contributed by atoms with Gasteiger partial charge in [0, 0.05) is 50.4 Å². The fourth-order valence-electron chi connectivity index (χ4n) is 3.50. The molecule has 0 bridgehead atoms. The van der Waals surface area contributed by atoms with E-state index in [0.29, 0.717) is 24.3 Å². The van der Waals surface area contributed by atoms with Crippen molar-refractivity contribution < 1.29 is 14.6 Å². The SMILES string of the molecule is CCC(=O)c1ccc(OC[C@@H](O)CN2CCN(c3cccc(C)c3)CC2)cc1. The second-order valence-electron chi connectivity index (χ2n) is 7.39. The molecule has 0 unspecified atom stereocenters. The molecule has 5 nitrogen and oxygen atoms in total. The summed E-state index contributed by atoms with van der Waals surface area (Å²) >= 11 is 0. The average molecular weight is 383 g/mol. The van der Waals surface area contributed by atoms with Crippen LogP contribution in [0.1, 0.15) is 29.3 Å². The average Bonchev–Trinajstić information content (AvgIpc) is 2.72. The van der Waals surface area contributed by atoms with Crippen LogP contribution in [0.4, 0.5) is 5.69 Å². The Kier molecular flexibility index (Phi) is 7.06. The number of carbonyl (C=O) groups excluding carboxylic acids is 1. The zero-order valence-electron chi connectivity index (χ0n) is 16.8. The number of benzene rings is 2.